The molecule has 8 heteroatoms. The zero-order valence-corrected chi connectivity index (χ0v) is 14.7. The molecule has 1 fully saturated rings. The van der Waals surface area contributed by atoms with Crippen molar-refractivity contribution in [2.24, 2.45) is 0 Å². The first-order valence-electron chi connectivity index (χ1n) is 8.54. The van der Waals surface area contributed by atoms with Crippen molar-refractivity contribution >= 4 is 11.9 Å². The van der Waals surface area contributed by atoms with Crippen LogP contribution in [0.3, 0.4) is 0 Å². The van der Waals surface area contributed by atoms with E-state index < -0.39 is 5.60 Å². The number of carbonyl (C=O) groups is 1. The van der Waals surface area contributed by atoms with Crippen LogP contribution in [0, 0.1) is 0 Å². The summed E-state index contributed by atoms with van der Waals surface area (Å²) in [5, 5.41) is 15.2. The van der Waals surface area contributed by atoms with E-state index in [0.29, 0.717) is 31.2 Å². The molecule has 3 heterocycles. The lowest BCUT2D eigenvalue weighted by atomic mass is 10.0. The molecule has 0 radical (unpaired) electrons. The van der Waals surface area contributed by atoms with Gasteiger partial charge >= 0.3 is 0 Å². The molecular weight excluding hydrogens is 320 g/mol. The Morgan fingerprint density at radius 2 is 2.16 bits per heavy atom. The minimum atomic E-state index is -0.977. The van der Waals surface area contributed by atoms with Gasteiger partial charge in [-0.25, -0.2) is 9.97 Å². The molecule has 0 bridgehead atoms. The summed E-state index contributed by atoms with van der Waals surface area (Å²) in [5.74, 6) is 0.420. The van der Waals surface area contributed by atoms with Gasteiger partial charge in [-0.2, -0.15) is 5.10 Å². The number of amides is 1. The van der Waals surface area contributed by atoms with E-state index in [0.717, 1.165) is 13.0 Å². The second-order valence-electron chi connectivity index (χ2n) is 6.57. The van der Waals surface area contributed by atoms with Crippen LogP contribution >= 0.6 is 0 Å². The number of hydrogen-bond donors (Lipinski definition) is 1. The predicted molar refractivity (Wildman–Crippen MR) is 93.3 cm³/mol. The monoisotopic (exact) mass is 344 g/mol. The predicted octanol–water partition coefficient (Wildman–Crippen LogP) is 0.796. The molecular formula is C17H24N6O2. The van der Waals surface area contributed by atoms with Gasteiger partial charge in [0.05, 0.1) is 13.1 Å². The van der Waals surface area contributed by atoms with Crippen molar-refractivity contribution < 1.29 is 9.90 Å². The summed E-state index contributed by atoms with van der Waals surface area (Å²) in [6.45, 7) is 4.16. The van der Waals surface area contributed by atoms with Gasteiger partial charge in [0.15, 0.2) is 0 Å². The first-order valence-corrected chi connectivity index (χ1v) is 8.54. The number of carbonyl (C=O) groups excluding carboxylic acids is 1. The maximum absolute atomic E-state index is 12.5. The molecule has 1 aliphatic heterocycles. The topological polar surface area (TPSA) is 87.4 Å². The second kappa shape index (κ2) is 7.18. The third-order valence-corrected chi connectivity index (χ3v) is 4.36. The molecule has 25 heavy (non-hydrogen) atoms. The minimum Gasteiger partial charge on any atom is -0.386 e. The quantitative estimate of drug-likeness (QED) is 0.834. The van der Waals surface area contributed by atoms with Crippen molar-refractivity contribution in [1.29, 1.82) is 0 Å². The average Bonchev–Trinajstić information content (AvgIpc) is 3.22. The van der Waals surface area contributed by atoms with Crippen LogP contribution in [-0.2, 0) is 6.54 Å². The zero-order chi connectivity index (χ0) is 17.9. The first-order chi connectivity index (χ1) is 12.0. The molecule has 0 aromatic carbocycles. The van der Waals surface area contributed by atoms with Crippen LogP contribution in [-0.4, -0.2) is 67.9 Å². The van der Waals surface area contributed by atoms with Gasteiger partial charge in [-0.05, 0) is 25.0 Å². The molecule has 0 unspecified atom stereocenters. The standard InChI is InChI=1S/C17H24N6O2/c1-3-9-23-10-5-14(20-23)15(24)21(2)12-17(25)6-11-22(13-17)16-18-7-4-8-19-16/h4-5,7-8,10,25H,3,6,9,11-13H2,1-2H3/t17-/m0/s1. The first kappa shape index (κ1) is 17.3. The van der Waals surface area contributed by atoms with Crippen LogP contribution < -0.4 is 4.90 Å². The normalized spacial score (nSPS) is 20.0. The maximum Gasteiger partial charge on any atom is 0.274 e. The van der Waals surface area contributed by atoms with Crippen LogP contribution in [0.15, 0.2) is 30.7 Å². The lowest BCUT2D eigenvalue weighted by molar-refractivity contribution is 0.0261. The number of aliphatic hydroxyl groups is 1. The molecule has 134 valence electrons. The van der Waals surface area contributed by atoms with Crippen molar-refractivity contribution in [3.8, 4) is 0 Å². The van der Waals surface area contributed by atoms with E-state index in [2.05, 4.69) is 22.0 Å². The second-order valence-corrected chi connectivity index (χ2v) is 6.57. The van der Waals surface area contributed by atoms with Crippen molar-refractivity contribution in [2.45, 2.75) is 31.9 Å². The Bertz CT molecular complexity index is 719. The average molecular weight is 344 g/mol. The molecule has 1 atom stereocenters. The van der Waals surface area contributed by atoms with Gasteiger partial charge in [-0.3, -0.25) is 9.48 Å². The van der Waals surface area contributed by atoms with Gasteiger partial charge in [0.2, 0.25) is 5.95 Å². The smallest absolute Gasteiger partial charge is 0.274 e. The molecule has 2 aromatic rings. The largest absolute Gasteiger partial charge is 0.386 e. The molecule has 0 saturated carbocycles. The van der Waals surface area contributed by atoms with E-state index in [4.69, 9.17) is 0 Å². The summed E-state index contributed by atoms with van der Waals surface area (Å²) in [6.07, 6.45) is 6.70. The lowest BCUT2D eigenvalue weighted by Crippen LogP contribution is -2.46. The third-order valence-electron chi connectivity index (χ3n) is 4.36. The van der Waals surface area contributed by atoms with Crippen molar-refractivity contribution in [2.75, 3.05) is 31.6 Å². The Balaban J connectivity index is 1.61. The highest BCUT2D eigenvalue weighted by molar-refractivity contribution is 5.92. The number of rotatable bonds is 6. The highest BCUT2D eigenvalue weighted by atomic mass is 16.3. The van der Waals surface area contributed by atoms with Gasteiger partial charge in [-0.15, -0.1) is 0 Å². The number of likely N-dealkylation sites (N-methyl/N-ethyl adjacent to an activating group) is 1. The van der Waals surface area contributed by atoms with Gasteiger partial charge in [0.25, 0.3) is 5.91 Å². The Morgan fingerprint density at radius 1 is 1.40 bits per heavy atom. The fourth-order valence-electron chi connectivity index (χ4n) is 3.15. The summed E-state index contributed by atoms with van der Waals surface area (Å²) >= 11 is 0. The van der Waals surface area contributed by atoms with Crippen LogP contribution in [0.4, 0.5) is 5.95 Å². The Kier molecular flexibility index (Phi) is 4.98. The van der Waals surface area contributed by atoms with Crippen LogP contribution in [0.25, 0.3) is 0 Å². The highest BCUT2D eigenvalue weighted by Gasteiger charge is 2.39. The summed E-state index contributed by atoms with van der Waals surface area (Å²) in [4.78, 5) is 24.5. The third kappa shape index (κ3) is 3.96. The van der Waals surface area contributed by atoms with E-state index in [9.17, 15) is 9.90 Å². The minimum absolute atomic E-state index is 0.183. The number of β-amino-alcohol motifs (C(OH)–C–C–N with tert-alkyl or cyclic N) is 1. The number of aromatic nitrogens is 4. The summed E-state index contributed by atoms with van der Waals surface area (Å²) in [6, 6.07) is 3.48. The Hall–Kier alpha value is -2.48. The highest BCUT2D eigenvalue weighted by Crippen LogP contribution is 2.25. The van der Waals surface area contributed by atoms with Crippen LogP contribution in [0.1, 0.15) is 30.3 Å². The van der Waals surface area contributed by atoms with E-state index >= 15 is 0 Å². The molecule has 1 aliphatic rings. The summed E-state index contributed by atoms with van der Waals surface area (Å²) in [5.41, 5.74) is -0.573. The lowest BCUT2D eigenvalue weighted by Gasteiger charge is -2.28. The fourth-order valence-corrected chi connectivity index (χ4v) is 3.15. The summed E-state index contributed by atoms with van der Waals surface area (Å²) in [7, 11) is 1.70. The molecule has 0 spiro atoms. The molecule has 3 rings (SSSR count). The van der Waals surface area contributed by atoms with Crippen LogP contribution in [0.2, 0.25) is 0 Å². The van der Waals surface area contributed by atoms with Crippen molar-refractivity contribution in [3.05, 3.63) is 36.4 Å². The molecule has 1 amide bonds. The SMILES string of the molecule is CCCn1ccc(C(=O)N(C)C[C@@]2(O)CCN(c3ncccn3)C2)n1. The molecule has 8 nitrogen and oxygen atoms in total. The van der Waals surface area contributed by atoms with Gasteiger partial charge in [0, 0.05) is 38.7 Å². The van der Waals surface area contributed by atoms with Crippen molar-refractivity contribution in [1.82, 2.24) is 24.6 Å². The fraction of sp³-hybridized carbons (Fsp3) is 0.529. The molecule has 2 aromatic heterocycles. The van der Waals surface area contributed by atoms with Gasteiger partial charge in [-0.1, -0.05) is 6.92 Å². The van der Waals surface area contributed by atoms with E-state index in [1.165, 1.54) is 4.90 Å². The maximum atomic E-state index is 12.5. The number of nitrogens with zero attached hydrogens (tertiary/aromatic N) is 6. The van der Waals surface area contributed by atoms with Crippen molar-refractivity contribution in [3.63, 3.8) is 0 Å². The number of aryl methyl sites for hydroxylation is 1. The van der Waals surface area contributed by atoms with E-state index in [1.807, 2.05) is 11.1 Å². The Labute approximate surface area is 147 Å². The van der Waals surface area contributed by atoms with E-state index in [1.54, 1.807) is 36.3 Å². The molecule has 0 aliphatic carbocycles. The zero-order valence-electron chi connectivity index (χ0n) is 14.7. The number of anilines is 1. The van der Waals surface area contributed by atoms with E-state index in [-0.39, 0.29) is 12.5 Å². The van der Waals surface area contributed by atoms with Gasteiger partial charge < -0.3 is 14.9 Å². The Morgan fingerprint density at radius 3 is 2.88 bits per heavy atom. The number of hydrogen-bond acceptors (Lipinski definition) is 6. The molecule has 1 N–H and O–H groups in total. The van der Waals surface area contributed by atoms with Crippen LogP contribution in [0.5, 0.6) is 0 Å². The van der Waals surface area contributed by atoms with Gasteiger partial charge in [0.1, 0.15) is 11.3 Å². The molecule has 1 saturated heterocycles. The summed E-state index contributed by atoms with van der Waals surface area (Å²) < 4.78 is 1.76.